The maximum absolute atomic E-state index is 5.87. The van der Waals surface area contributed by atoms with E-state index < -0.39 is 0 Å². The lowest BCUT2D eigenvalue weighted by molar-refractivity contribution is -0.929. The van der Waals surface area contributed by atoms with Crippen molar-refractivity contribution in [3.8, 4) is 0 Å². The summed E-state index contributed by atoms with van der Waals surface area (Å²) in [6.45, 7) is 9.64. The van der Waals surface area contributed by atoms with E-state index in [9.17, 15) is 0 Å². The summed E-state index contributed by atoms with van der Waals surface area (Å²) in [6.07, 6.45) is 2.59. The molecule has 1 N–H and O–H groups in total. The van der Waals surface area contributed by atoms with Crippen molar-refractivity contribution in [3.05, 3.63) is 40.7 Å². The first-order chi connectivity index (χ1) is 13.2. The average Bonchev–Trinajstić information content (AvgIpc) is 3.01. The van der Waals surface area contributed by atoms with Crippen molar-refractivity contribution in [2.75, 3.05) is 44.3 Å². The second-order valence-electron chi connectivity index (χ2n) is 7.84. The minimum atomic E-state index is 0.750. The molecule has 2 aliphatic heterocycles. The van der Waals surface area contributed by atoms with Gasteiger partial charge in [-0.15, -0.1) is 5.10 Å². The Balaban J connectivity index is 1.60. The number of hydrogen-bond acceptors (Lipinski definition) is 4. The minimum Gasteiger partial charge on any atom is -0.378 e. The Bertz CT molecular complexity index is 788. The zero-order valence-electron chi connectivity index (χ0n) is 16.1. The van der Waals surface area contributed by atoms with Crippen LogP contribution in [0, 0.1) is 10.7 Å². The number of quaternary nitrogens is 1. The van der Waals surface area contributed by atoms with E-state index in [4.69, 9.17) is 22.1 Å². The molecule has 4 rings (SSSR count). The highest BCUT2D eigenvalue weighted by molar-refractivity contribution is 7.71. The first-order valence-corrected chi connectivity index (χ1v) is 10.5. The second-order valence-corrected chi connectivity index (χ2v) is 8.21. The van der Waals surface area contributed by atoms with Crippen LogP contribution < -0.4 is 9.80 Å². The highest BCUT2D eigenvalue weighted by atomic mass is 32.1. The molecule has 2 aromatic rings. The molecule has 0 saturated carbocycles. The number of likely N-dealkylation sites (tertiary alicyclic amines) is 1. The number of nitrogens with zero attached hydrogens (tertiary/aromatic N) is 4. The molecule has 0 atom stereocenters. The van der Waals surface area contributed by atoms with Gasteiger partial charge in [-0.25, -0.2) is 0 Å². The van der Waals surface area contributed by atoms with E-state index in [1.165, 1.54) is 31.5 Å². The smallest absolute Gasteiger partial charge is 0.226 e. The molecular formula is C20H30N5OS+. The van der Waals surface area contributed by atoms with Crippen molar-refractivity contribution in [1.82, 2.24) is 14.3 Å². The Labute approximate surface area is 166 Å². The first-order valence-electron chi connectivity index (χ1n) is 10.1. The van der Waals surface area contributed by atoms with Gasteiger partial charge in [-0.3, -0.25) is 4.57 Å². The van der Waals surface area contributed by atoms with Gasteiger partial charge in [0.1, 0.15) is 0 Å². The summed E-state index contributed by atoms with van der Waals surface area (Å²) in [5, 5.41) is 4.97. The number of morpholine rings is 1. The van der Waals surface area contributed by atoms with Crippen molar-refractivity contribution in [2.24, 2.45) is 5.92 Å². The quantitative estimate of drug-likeness (QED) is 0.790. The van der Waals surface area contributed by atoms with E-state index in [2.05, 4.69) is 46.7 Å². The first kappa shape index (κ1) is 18.7. The van der Waals surface area contributed by atoms with Gasteiger partial charge in [0.05, 0.1) is 32.8 Å². The third kappa shape index (κ3) is 4.42. The Morgan fingerprint density at radius 3 is 2.56 bits per heavy atom. The number of benzene rings is 1. The number of ether oxygens (including phenoxy) is 1. The maximum Gasteiger partial charge on any atom is 0.226 e. The number of nitrogens with one attached hydrogen (secondary N) is 1. The van der Waals surface area contributed by atoms with Crippen LogP contribution in [0.4, 0.5) is 5.95 Å². The van der Waals surface area contributed by atoms with Gasteiger partial charge in [-0.1, -0.05) is 37.3 Å². The molecule has 7 heteroatoms. The van der Waals surface area contributed by atoms with Crippen LogP contribution in [0.2, 0.25) is 0 Å². The fourth-order valence-electron chi connectivity index (χ4n) is 3.97. The largest absolute Gasteiger partial charge is 0.378 e. The fraction of sp³-hybridized carbons (Fsp3) is 0.600. The Morgan fingerprint density at radius 2 is 1.85 bits per heavy atom. The number of aromatic nitrogens is 3. The maximum atomic E-state index is 5.87. The van der Waals surface area contributed by atoms with Crippen LogP contribution in [0.15, 0.2) is 30.3 Å². The Kier molecular flexibility index (Phi) is 5.90. The average molecular weight is 389 g/mol. The van der Waals surface area contributed by atoms with E-state index >= 15 is 0 Å². The molecular weight excluding hydrogens is 358 g/mol. The van der Waals surface area contributed by atoms with Gasteiger partial charge < -0.3 is 14.5 Å². The Hall–Kier alpha value is -1.70. The van der Waals surface area contributed by atoms with E-state index in [1.54, 1.807) is 4.90 Å². The minimum absolute atomic E-state index is 0.750. The summed E-state index contributed by atoms with van der Waals surface area (Å²) in [6, 6.07) is 10.5. The zero-order chi connectivity index (χ0) is 18.6. The molecule has 1 aromatic heterocycles. The van der Waals surface area contributed by atoms with Crippen LogP contribution in [0.1, 0.15) is 25.3 Å². The van der Waals surface area contributed by atoms with Gasteiger partial charge in [0.2, 0.25) is 10.7 Å². The standard InChI is InChI=1S/C20H29N5OS/c1-17-7-9-22(10-8-17)16-25-20(27)24(15-18-5-3-2-4-6-18)19(21-25)23-11-13-26-14-12-23/h2-6,17H,7-16H2,1H3/p+1. The van der Waals surface area contributed by atoms with Gasteiger partial charge in [0.25, 0.3) is 0 Å². The molecule has 0 amide bonds. The molecule has 1 aromatic carbocycles. The summed E-state index contributed by atoms with van der Waals surface area (Å²) < 4.78 is 10.6. The third-order valence-electron chi connectivity index (χ3n) is 5.74. The van der Waals surface area contributed by atoms with Crippen LogP contribution in [0.5, 0.6) is 0 Å². The van der Waals surface area contributed by atoms with Crippen LogP contribution in [-0.4, -0.2) is 53.7 Å². The van der Waals surface area contributed by atoms with Crippen LogP contribution in [0.25, 0.3) is 0 Å². The van der Waals surface area contributed by atoms with Gasteiger partial charge in [-0.05, 0) is 36.5 Å². The van der Waals surface area contributed by atoms with Gasteiger partial charge in [0.15, 0.2) is 6.67 Å². The zero-order valence-corrected chi connectivity index (χ0v) is 17.0. The molecule has 3 heterocycles. The SMILES string of the molecule is CC1CC[NH+](Cn2nc(N3CCOCC3)n(Cc3ccccc3)c2=S)CC1. The van der Waals surface area contributed by atoms with Crippen molar-refractivity contribution in [3.63, 3.8) is 0 Å². The molecule has 6 nitrogen and oxygen atoms in total. The topological polar surface area (TPSA) is 39.7 Å². The number of piperidine rings is 1. The van der Waals surface area contributed by atoms with Gasteiger partial charge >= 0.3 is 0 Å². The van der Waals surface area contributed by atoms with Crippen molar-refractivity contribution < 1.29 is 9.64 Å². The molecule has 0 unspecified atom stereocenters. The van der Waals surface area contributed by atoms with Gasteiger partial charge in [-0.2, -0.15) is 4.68 Å². The molecule has 0 radical (unpaired) electrons. The van der Waals surface area contributed by atoms with Gasteiger partial charge in [0, 0.05) is 13.1 Å². The lowest BCUT2D eigenvalue weighted by Crippen LogP contribution is -3.12. The normalized spacial score (nSPS) is 23.5. The van der Waals surface area contributed by atoms with E-state index in [0.29, 0.717) is 0 Å². The summed E-state index contributed by atoms with van der Waals surface area (Å²) >= 11 is 5.87. The van der Waals surface area contributed by atoms with E-state index in [1.807, 2.05) is 4.68 Å². The molecule has 2 fully saturated rings. The summed E-state index contributed by atoms with van der Waals surface area (Å²) in [5.74, 6) is 1.83. The number of hydrogen-bond donors (Lipinski definition) is 1. The highest BCUT2D eigenvalue weighted by Crippen LogP contribution is 2.17. The lowest BCUT2D eigenvalue weighted by atomic mass is 10.00. The second kappa shape index (κ2) is 8.54. The number of anilines is 1. The highest BCUT2D eigenvalue weighted by Gasteiger charge is 2.23. The summed E-state index contributed by atoms with van der Waals surface area (Å²) in [4.78, 5) is 3.90. The predicted octanol–water partition coefficient (Wildman–Crippen LogP) is 1.57. The molecule has 27 heavy (non-hydrogen) atoms. The Morgan fingerprint density at radius 1 is 1.15 bits per heavy atom. The van der Waals surface area contributed by atoms with Crippen molar-refractivity contribution in [1.29, 1.82) is 0 Å². The van der Waals surface area contributed by atoms with Crippen LogP contribution in [0.3, 0.4) is 0 Å². The molecule has 146 valence electrons. The number of rotatable bonds is 5. The lowest BCUT2D eigenvalue weighted by Gasteiger charge is -2.28. The molecule has 0 aliphatic carbocycles. The van der Waals surface area contributed by atoms with E-state index in [-0.39, 0.29) is 0 Å². The van der Waals surface area contributed by atoms with E-state index in [0.717, 1.165) is 56.2 Å². The summed E-state index contributed by atoms with van der Waals surface area (Å²) in [5.41, 5.74) is 1.25. The van der Waals surface area contributed by atoms with Crippen LogP contribution in [-0.2, 0) is 18.0 Å². The predicted molar refractivity (Wildman–Crippen MR) is 109 cm³/mol. The molecule has 2 saturated heterocycles. The molecule has 0 bridgehead atoms. The molecule has 2 aliphatic rings. The monoisotopic (exact) mass is 388 g/mol. The van der Waals surface area contributed by atoms with Crippen molar-refractivity contribution in [2.45, 2.75) is 33.0 Å². The summed E-state index contributed by atoms with van der Waals surface area (Å²) in [7, 11) is 0. The fourth-order valence-corrected chi connectivity index (χ4v) is 4.23. The van der Waals surface area contributed by atoms with Crippen molar-refractivity contribution >= 4 is 18.2 Å². The molecule has 0 spiro atoms. The van der Waals surface area contributed by atoms with Crippen LogP contribution >= 0.6 is 12.2 Å². The third-order valence-corrected chi connectivity index (χ3v) is 6.17.